The summed E-state index contributed by atoms with van der Waals surface area (Å²) in [6, 6.07) is 9.88. The highest BCUT2D eigenvalue weighted by Gasteiger charge is 2.29. The topological polar surface area (TPSA) is 46.3 Å². The van der Waals surface area contributed by atoms with Crippen LogP contribution in [0.15, 0.2) is 30.3 Å². The number of anilines is 1. The fourth-order valence-electron chi connectivity index (χ4n) is 1.86. The number of para-hydroxylation sites is 1. The van der Waals surface area contributed by atoms with Crippen molar-refractivity contribution >= 4 is 11.6 Å². The first kappa shape index (κ1) is 12.1. The number of hydrogen-bond donors (Lipinski definition) is 1. The smallest absolute Gasteiger partial charge is 0.231 e. The molecule has 0 aromatic heterocycles. The number of nitrogens with two attached hydrogens (primary N) is 1. The van der Waals surface area contributed by atoms with E-state index in [2.05, 4.69) is 0 Å². The zero-order valence-corrected chi connectivity index (χ0v) is 10.3. The predicted octanol–water partition coefficient (Wildman–Crippen LogP) is 2.02. The third kappa shape index (κ3) is 3.07. The summed E-state index contributed by atoms with van der Waals surface area (Å²) in [6.45, 7) is 3.14. The van der Waals surface area contributed by atoms with Crippen LogP contribution in [0.4, 0.5) is 5.69 Å². The van der Waals surface area contributed by atoms with Crippen LogP contribution in [0.3, 0.4) is 0 Å². The van der Waals surface area contributed by atoms with Crippen molar-refractivity contribution in [2.24, 2.45) is 17.6 Å². The molecule has 0 unspecified atom stereocenters. The molecule has 1 fully saturated rings. The van der Waals surface area contributed by atoms with Gasteiger partial charge in [-0.15, -0.1) is 0 Å². The molecule has 2 N–H and O–H groups in total. The zero-order valence-electron chi connectivity index (χ0n) is 10.3. The van der Waals surface area contributed by atoms with E-state index in [0.29, 0.717) is 12.5 Å². The van der Waals surface area contributed by atoms with Gasteiger partial charge in [-0.2, -0.15) is 0 Å². The maximum absolute atomic E-state index is 12.3. The van der Waals surface area contributed by atoms with Gasteiger partial charge in [0.25, 0.3) is 0 Å². The molecule has 3 heteroatoms. The van der Waals surface area contributed by atoms with Crippen molar-refractivity contribution in [3.05, 3.63) is 30.3 Å². The summed E-state index contributed by atoms with van der Waals surface area (Å²) in [6.07, 6.45) is 2.49. The van der Waals surface area contributed by atoms with Gasteiger partial charge in [0.1, 0.15) is 0 Å². The Balaban J connectivity index is 2.15. The van der Waals surface area contributed by atoms with E-state index in [4.69, 9.17) is 5.73 Å². The number of carbonyl (C=O) groups excluding carboxylic acids is 1. The predicted molar refractivity (Wildman–Crippen MR) is 69.7 cm³/mol. The van der Waals surface area contributed by atoms with Crippen molar-refractivity contribution in [3.63, 3.8) is 0 Å². The second-order valence-corrected chi connectivity index (χ2v) is 4.86. The van der Waals surface area contributed by atoms with Gasteiger partial charge in [-0.05, 0) is 30.9 Å². The van der Waals surface area contributed by atoms with E-state index >= 15 is 0 Å². The van der Waals surface area contributed by atoms with Gasteiger partial charge in [-0.1, -0.05) is 25.1 Å². The third-order valence-corrected chi connectivity index (χ3v) is 3.25. The minimum absolute atomic E-state index is 0.103. The molecule has 0 heterocycles. The van der Waals surface area contributed by atoms with Crippen molar-refractivity contribution in [1.82, 2.24) is 0 Å². The Hall–Kier alpha value is -1.35. The SMILES string of the molecule is C[C@@H](CN)C(=O)N(CC1CC1)c1ccccc1. The van der Waals surface area contributed by atoms with E-state index in [1.807, 2.05) is 42.2 Å². The molecule has 17 heavy (non-hydrogen) atoms. The lowest BCUT2D eigenvalue weighted by atomic mass is 10.1. The van der Waals surface area contributed by atoms with Crippen molar-refractivity contribution in [3.8, 4) is 0 Å². The van der Waals surface area contributed by atoms with Gasteiger partial charge in [0, 0.05) is 24.7 Å². The molecule has 0 radical (unpaired) electrons. The molecule has 0 spiro atoms. The first-order valence-corrected chi connectivity index (χ1v) is 6.29. The van der Waals surface area contributed by atoms with Crippen LogP contribution < -0.4 is 10.6 Å². The Kier molecular flexibility index (Phi) is 3.79. The van der Waals surface area contributed by atoms with Crippen LogP contribution in [0.5, 0.6) is 0 Å². The highest BCUT2D eigenvalue weighted by molar-refractivity contribution is 5.95. The van der Waals surface area contributed by atoms with E-state index in [9.17, 15) is 4.79 Å². The first-order chi connectivity index (χ1) is 8.22. The normalized spacial score (nSPS) is 16.6. The molecule has 0 aliphatic heterocycles. The van der Waals surface area contributed by atoms with Crippen molar-refractivity contribution < 1.29 is 4.79 Å². The summed E-state index contributed by atoms with van der Waals surface area (Å²) in [5, 5.41) is 0. The Morgan fingerprint density at radius 1 is 1.41 bits per heavy atom. The van der Waals surface area contributed by atoms with Crippen LogP contribution in [0.1, 0.15) is 19.8 Å². The lowest BCUT2D eigenvalue weighted by Crippen LogP contribution is -2.39. The number of benzene rings is 1. The molecule has 1 aromatic carbocycles. The van der Waals surface area contributed by atoms with Gasteiger partial charge >= 0.3 is 0 Å². The molecule has 0 saturated heterocycles. The van der Waals surface area contributed by atoms with Gasteiger partial charge in [0.15, 0.2) is 0 Å². The number of rotatable bonds is 5. The van der Waals surface area contributed by atoms with Gasteiger partial charge in [-0.25, -0.2) is 0 Å². The molecule has 3 nitrogen and oxygen atoms in total. The van der Waals surface area contributed by atoms with Gasteiger partial charge in [0.2, 0.25) is 5.91 Å². The number of nitrogens with zero attached hydrogens (tertiary/aromatic N) is 1. The Morgan fingerprint density at radius 3 is 2.59 bits per heavy atom. The maximum Gasteiger partial charge on any atom is 0.231 e. The molecule has 1 amide bonds. The first-order valence-electron chi connectivity index (χ1n) is 6.29. The van der Waals surface area contributed by atoms with Crippen LogP contribution in [-0.2, 0) is 4.79 Å². The summed E-state index contributed by atoms with van der Waals surface area (Å²) in [5.41, 5.74) is 6.58. The summed E-state index contributed by atoms with van der Waals surface area (Å²) in [5.74, 6) is 0.726. The van der Waals surface area contributed by atoms with Crippen LogP contribution in [0.25, 0.3) is 0 Å². The van der Waals surface area contributed by atoms with Gasteiger partial charge in [-0.3, -0.25) is 4.79 Å². The highest BCUT2D eigenvalue weighted by atomic mass is 16.2. The van der Waals surface area contributed by atoms with E-state index in [1.165, 1.54) is 12.8 Å². The zero-order chi connectivity index (χ0) is 12.3. The molecular weight excluding hydrogens is 212 g/mol. The Morgan fingerprint density at radius 2 is 2.06 bits per heavy atom. The monoisotopic (exact) mass is 232 g/mol. The second-order valence-electron chi connectivity index (χ2n) is 4.86. The molecule has 0 bridgehead atoms. The van der Waals surface area contributed by atoms with E-state index in [0.717, 1.165) is 12.2 Å². The molecule has 2 rings (SSSR count). The molecule has 92 valence electrons. The van der Waals surface area contributed by atoms with Gasteiger partial charge in [0.05, 0.1) is 0 Å². The fraction of sp³-hybridized carbons (Fsp3) is 0.500. The summed E-state index contributed by atoms with van der Waals surface area (Å²) >= 11 is 0. The number of hydrogen-bond acceptors (Lipinski definition) is 2. The van der Waals surface area contributed by atoms with E-state index in [1.54, 1.807) is 0 Å². The molecule has 1 aliphatic carbocycles. The molecule has 1 saturated carbocycles. The summed E-state index contributed by atoms with van der Waals surface area (Å²) < 4.78 is 0. The molecule has 1 aliphatic rings. The van der Waals surface area contributed by atoms with Crippen LogP contribution >= 0.6 is 0 Å². The number of amides is 1. The van der Waals surface area contributed by atoms with Crippen LogP contribution in [-0.4, -0.2) is 19.0 Å². The quantitative estimate of drug-likeness (QED) is 0.844. The number of carbonyl (C=O) groups is 1. The lowest BCUT2D eigenvalue weighted by Gasteiger charge is -2.25. The van der Waals surface area contributed by atoms with E-state index in [-0.39, 0.29) is 11.8 Å². The average Bonchev–Trinajstić information content (AvgIpc) is 3.19. The molecule has 1 aromatic rings. The van der Waals surface area contributed by atoms with Crippen molar-refractivity contribution in [2.45, 2.75) is 19.8 Å². The van der Waals surface area contributed by atoms with Crippen molar-refractivity contribution in [2.75, 3.05) is 18.0 Å². The van der Waals surface area contributed by atoms with E-state index < -0.39 is 0 Å². The van der Waals surface area contributed by atoms with Gasteiger partial charge < -0.3 is 10.6 Å². The van der Waals surface area contributed by atoms with Crippen LogP contribution in [0.2, 0.25) is 0 Å². The average molecular weight is 232 g/mol. The summed E-state index contributed by atoms with van der Waals surface area (Å²) in [4.78, 5) is 14.2. The van der Waals surface area contributed by atoms with Crippen LogP contribution in [0, 0.1) is 11.8 Å². The fourth-order valence-corrected chi connectivity index (χ4v) is 1.86. The molecule has 1 atom stereocenters. The standard InChI is InChI=1S/C14H20N2O/c1-11(9-15)14(17)16(10-12-7-8-12)13-5-3-2-4-6-13/h2-6,11-12H,7-10,15H2,1H3/t11-/m0/s1. The third-order valence-electron chi connectivity index (χ3n) is 3.25. The summed E-state index contributed by atoms with van der Waals surface area (Å²) in [7, 11) is 0. The highest BCUT2D eigenvalue weighted by Crippen LogP contribution is 2.31. The van der Waals surface area contributed by atoms with Crippen molar-refractivity contribution in [1.29, 1.82) is 0 Å². The largest absolute Gasteiger partial charge is 0.330 e. The minimum atomic E-state index is -0.103. The molecular formula is C14H20N2O. The lowest BCUT2D eigenvalue weighted by molar-refractivity contribution is -0.121. The Labute approximate surface area is 103 Å². The maximum atomic E-state index is 12.3. The minimum Gasteiger partial charge on any atom is -0.330 e. The second kappa shape index (κ2) is 5.32. The Bertz CT molecular complexity index is 373.